The van der Waals surface area contributed by atoms with Gasteiger partial charge in [0.15, 0.2) is 0 Å². The van der Waals surface area contributed by atoms with Gasteiger partial charge >= 0.3 is 6.18 Å². The molecule has 4 nitrogen and oxygen atoms in total. The van der Waals surface area contributed by atoms with Gasteiger partial charge in [-0.3, -0.25) is 9.59 Å². The highest BCUT2D eigenvalue weighted by Crippen LogP contribution is 2.28. The van der Waals surface area contributed by atoms with Crippen LogP contribution >= 0.6 is 0 Å². The summed E-state index contributed by atoms with van der Waals surface area (Å²) in [7, 11) is 0. The molecule has 1 aromatic carbocycles. The van der Waals surface area contributed by atoms with Gasteiger partial charge in [-0.2, -0.15) is 13.2 Å². The third-order valence-electron chi connectivity index (χ3n) is 2.93. The normalized spacial score (nSPS) is 11.4. The van der Waals surface area contributed by atoms with Crippen LogP contribution in [0.4, 0.5) is 13.2 Å². The van der Waals surface area contributed by atoms with Crippen LogP contribution in [0.2, 0.25) is 0 Å². The first-order valence-electron chi connectivity index (χ1n) is 6.92. The van der Waals surface area contributed by atoms with Crippen molar-refractivity contribution >= 4 is 11.8 Å². The third kappa shape index (κ3) is 6.15. The summed E-state index contributed by atoms with van der Waals surface area (Å²) in [5.41, 5.74) is -0.751. The summed E-state index contributed by atoms with van der Waals surface area (Å²) in [5.74, 6) is -0.462. The van der Waals surface area contributed by atoms with E-state index in [0.717, 1.165) is 30.7 Å². The molecule has 0 spiro atoms. The molecular weight excluding hydrogens is 297 g/mol. The fourth-order valence-corrected chi connectivity index (χ4v) is 1.64. The van der Waals surface area contributed by atoms with E-state index in [1.165, 1.54) is 0 Å². The minimum absolute atomic E-state index is 0.0722. The lowest BCUT2D eigenvalue weighted by atomic mass is 10.1. The molecule has 1 aromatic rings. The van der Waals surface area contributed by atoms with Crippen LogP contribution in [-0.4, -0.2) is 24.9 Å². The topological polar surface area (TPSA) is 58.2 Å². The Hall–Kier alpha value is -2.05. The molecule has 0 fully saturated rings. The summed E-state index contributed by atoms with van der Waals surface area (Å²) in [5, 5.41) is 5.01. The fraction of sp³-hybridized carbons (Fsp3) is 0.467. The molecule has 2 amide bonds. The maximum Gasteiger partial charge on any atom is 0.416 e. The highest BCUT2D eigenvalue weighted by atomic mass is 19.4. The molecule has 22 heavy (non-hydrogen) atoms. The Kier molecular flexibility index (Phi) is 6.39. The number of rotatable bonds is 6. The Balaban J connectivity index is 2.44. The third-order valence-corrected chi connectivity index (χ3v) is 2.93. The van der Waals surface area contributed by atoms with Gasteiger partial charge in [0.05, 0.1) is 12.1 Å². The monoisotopic (exact) mass is 316 g/mol. The van der Waals surface area contributed by atoms with Crippen LogP contribution in [0.25, 0.3) is 0 Å². The number of nitrogens with one attached hydrogen (secondary N) is 2. The molecule has 0 bridgehead atoms. The second kappa shape index (κ2) is 7.82. The minimum atomic E-state index is -4.44. The molecule has 0 saturated carbocycles. The molecule has 0 aliphatic rings. The number of carbonyl (C=O) groups is 2. The van der Waals surface area contributed by atoms with E-state index < -0.39 is 17.6 Å². The highest BCUT2D eigenvalue weighted by molar-refractivity contribution is 5.96. The second-order valence-electron chi connectivity index (χ2n) is 5.29. The Morgan fingerprint density at radius 1 is 1.09 bits per heavy atom. The van der Waals surface area contributed by atoms with Crippen LogP contribution < -0.4 is 10.6 Å². The van der Waals surface area contributed by atoms with Crippen molar-refractivity contribution in [2.24, 2.45) is 5.92 Å². The standard InChI is InChI=1S/C15H19F3N2O2/c1-10(2)7-8-19-13(21)9-20-14(22)11-3-5-12(6-4-11)15(16,17)18/h3-6,10H,7-9H2,1-2H3,(H,19,21)(H,20,22). The van der Waals surface area contributed by atoms with Crippen molar-refractivity contribution in [2.45, 2.75) is 26.4 Å². The molecule has 0 saturated heterocycles. The zero-order valence-corrected chi connectivity index (χ0v) is 12.5. The van der Waals surface area contributed by atoms with Crippen LogP contribution in [0.5, 0.6) is 0 Å². The second-order valence-corrected chi connectivity index (χ2v) is 5.29. The van der Waals surface area contributed by atoms with Crippen LogP contribution in [0, 0.1) is 5.92 Å². The number of amides is 2. The maximum atomic E-state index is 12.4. The molecule has 2 N–H and O–H groups in total. The lowest BCUT2D eigenvalue weighted by molar-refractivity contribution is -0.137. The summed E-state index contributed by atoms with van der Waals surface area (Å²) < 4.78 is 37.2. The summed E-state index contributed by atoms with van der Waals surface area (Å²) >= 11 is 0. The van der Waals surface area contributed by atoms with Crippen molar-refractivity contribution < 1.29 is 22.8 Å². The molecule has 0 heterocycles. The van der Waals surface area contributed by atoms with Gasteiger partial charge in [-0.05, 0) is 36.6 Å². The molecule has 0 radical (unpaired) electrons. The quantitative estimate of drug-likeness (QED) is 0.847. The van der Waals surface area contributed by atoms with Crippen molar-refractivity contribution in [3.8, 4) is 0 Å². The maximum absolute atomic E-state index is 12.4. The molecular formula is C15H19F3N2O2. The summed E-state index contributed by atoms with van der Waals surface area (Å²) in [6.07, 6.45) is -3.61. The van der Waals surface area contributed by atoms with E-state index in [2.05, 4.69) is 10.6 Å². The zero-order chi connectivity index (χ0) is 16.8. The van der Waals surface area contributed by atoms with Gasteiger partial charge in [-0.25, -0.2) is 0 Å². The van der Waals surface area contributed by atoms with Gasteiger partial charge in [0.2, 0.25) is 5.91 Å². The van der Waals surface area contributed by atoms with Gasteiger partial charge < -0.3 is 10.6 Å². The van der Waals surface area contributed by atoms with Crippen molar-refractivity contribution in [1.82, 2.24) is 10.6 Å². The molecule has 7 heteroatoms. The zero-order valence-electron chi connectivity index (χ0n) is 12.5. The van der Waals surface area contributed by atoms with Gasteiger partial charge in [-0.1, -0.05) is 13.8 Å². The average molecular weight is 316 g/mol. The van der Waals surface area contributed by atoms with Crippen molar-refractivity contribution in [3.05, 3.63) is 35.4 Å². The summed E-state index contributed by atoms with van der Waals surface area (Å²) in [4.78, 5) is 23.2. The minimum Gasteiger partial charge on any atom is -0.355 e. The predicted molar refractivity (Wildman–Crippen MR) is 76.2 cm³/mol. The highest BCUT2D eigenvalue weighted by Gasteiger charge is 2.30. The van der Waals surface area contributed by atoms with E-state index >= 15 is 0 Å². The first-order valence-corrected chi connectivity index (χ1v) is 6.92. The van der Waals surface area contributed by atoms with Gasteiger partial charge in [-0.15, -0.1) is 0 Å². The number of halogens is 3. The van der Waals surface area contributed by atoms with E-state index in [0.29, 0.717) is 12.5 Å². The molecule has 0 aliphatic heterocycles. The molecule has 122 valence electrons. The number of benzene rings is 1. The molecule has 1 rings (SSSR count). The Labute approximate surface area is 127 Å². The van der Waals surface area contributed by atoms with Crippen LogP contribution in [0.3, 0.4) is 0 Å². The number of hydrogen-bond donors (Lipinski definition) is 2. The summed E-state index contributed by atoms with van der Waals surface area (Å²) in [6.45, 7) is 4.36. The van der Waals surface area contributed by atoms with Crippen molar-refractivity contribution in [1.29, 1.82) is 0 Å². The van der Waals surface area contributed by atoms with E-state index in [-0.39, 0.29) is 18.0 Å². The first kappa shape index (κ1) is 18.0. The Morgan fingerprint density at radius 2 is 1.68 bits per heavy atom. The van der Waals surface area contributed by atoms with Crippen LogP contribution in [0.1, 0.15) is 36.2 Å². The number of alkyl halides is 3. The van der Waals surface area contributed by atoms with Crippen LogP contribution in [-0.2, 0) is 11.0 Å². The van der Waals surface area contributed by atoms with Gasteiger partial charge in [0.25, 0.3) is 5.91 Å². The van der Waals surface area contributed by atoms with Crippen molar-refractivity contribution in [3.63, 3.8) is 0 Å². The number of carbonyl (C=O) groups excluding carboxylic acids is 2. The fourth-order valence-electron chi connectivity index (χ4n) is 1.64. The molecule has 0 aliphatic carbocycles. The van der Waals surface area contributed by atoms with E-state index in [1.807, 2.05) is 13.8 Å². The van der Waals surface area contributed by atoms with Gasteiger partial charge in [0.1, 0.15) is 0 Å². The first-order chi connectivity index (χ1) is 10.2. The predicted octanol–water partition coefficient (Wildman–Crippen LogP) is 2.60. The van der Waals surface area contributed by atoms with E-state index in [1.54, 1.807) is 0 Å². The Bertz CT molecular complexity index is 511. The van der Waals surface area contributed by atoms with E-state index in [9.17, 15) is 22.8 Å². The molecule has 0 unspecified atom stereocenters. The average Bonchev–Trinajstić information content (AvgIpc) is 2.43. The van der Waals surface area contributed by atoms with E-state index in [4.69, 9.17) is 0 Å². The van der Waals surface area contributed by atoms with Gasteiger partial charge in [0, 0.05) is 12.1 Å². The smallest absolute Gasteiger partial charge is 0.355 e. The lowest BCUT2D eigenvalue weighted by Crippen LogP contribution is -2.37. The lowest BCUT2D eigenvalue weighted by Gasteiger charge is -2.09. The number of hydrogen-bond acceptors (Lipinski definition) is 2. The molecule has 0 atom stereocenters. The van der Waals surface area contributed by atoms with Crippen LogP contribution in [0.15, 0.2) is 24.3 Å². The van der Waals surface area contributed by atoms with Crippen molar-refractivity contribution in [2.75, 3.05) is 13.1 Å². The summed E-state index contributed by atoms with van der Waals surface area (Å²) in [6, 6.07) is 3.82. The largest absolute Gasteiger partial charge is 0.416 e. The SMILES string of the molecule is CC(C)CCNC(=O)CNC(=O)c1ccc(C(F)(F)F)cc1. The molecule has 0 aromatic heterocycles. The Morgan fingerprint density at radius 3 is 2.18 bits per heavy atom.